The van der Waals surface area contributed by atoms with Crippen LogP contribution in [-0.4, -0.2) is 17.8 Å². The molecule has 2 nitrogen and oxygen atoms in total. The molecule has 1 aromatic carbocycles. The molecule has 0 radical (unpaired) electrons. The molecule has 0 heterocycles. The number of hydrogen-bond donors (Lipinski definition) is 2. The van der Waals surface area contributed by atoms with Gasteiger partial charge in [-0.05, 0) is 37.4 Å². The SMILES string of the molecule is CC(O)CC(CN)c1ccccc1Br. The first-order valence-corrected chi connectivity index (χ1v) is 5.57. The maximum absolute atomic E-state index is 9.34. The van der Waals surface area contributed by atoms with Crippen LogP contribution in [0, 0.1) is 0 Å². The van der Waals surface area contributed by atoms with Gasteiger partial charge in [-0.1, -0.05) is 34.1 Å². The van der Waals surface area contributed by atoms with E-state index >= 15 is 0 Å². The predicted molar refractivity (Wildman–Crippen MR) is 62.2 cm³/mol. The molecule has 1 rings (SSSR count). The molecule has 0 bridgehead atoms. The molecule has 1 aromatic rings. The molecule has 0 fully saturated rings. The number of aliphatic hydroxyl groups excluding tert-OH is 1. The zero-order chi connectivity index (χ0) is 10.6. The van der Waals surface area contributed by atoms with Gasteiger partial charge in [-0.2, -0.15) is 0 Å². The zero-order valence-electron chi connectivity index (χ0n) is 8.28. The number of nitrogens with two attached hydrogens (primary N) is 1. The van der Waals surface area contributed by atoms with Crippen LogP contribution in [0.4, 0.5) is 0 Å². The van der Waals surface area contributed by atoms with Crippen LogP contribution in [-0.2, 0) is 0 Å². The summed E-state index contributed by atoms with van der Waals surface area (Å²) in [6.07, 6.45) is 0.398. The van der Waals surface area contributed by atoms with Crippen LogP contribution in [0.25, 0.3) is 0 Å². The van der Waals surface area contributed by atoms with Crippen LogP contribution in [0.2, 0.25) is 0 Å². The van der Waals surface area contributed by atoms with Gasteiger partial charge in [-0.25, -0.2) is 0 Å². The van der Waals surface area contributed by atoms with Crippen molar-refractivity contribution in [1.29, 1.82) is 0 Å². The fraction of sp³-hybridized carbons (Fsp3) is 0.455. The topological polar surface area (TPSA) is 46.2 Å². The Bertz CT molecular complexity index is 288. The summed E-state index contributed by atoms with van der Waals surface area (Å²) in [5, 5.41) is 9.34. The van der Waals surface area contributed by atoms with Crippen molar-refractivity contribution >= 4 is 15.9 Å². The summed E-state index contributed by atoms with van der Waals surface area (Å²) in [4.78, 5) is 0. The molecule has 0 aliphatic carbocycles. The van der Waals surface area contributed by atoms with Crippen LogP contribution in [0.3, 0.4) is 0 Å². The van der Waals surface area contributed by atoms with Gasteiger partial charge in [-0.15, -0.1) is 0 Å². The molecule has 78 valence electrons. The molecule has 0 aromatic heterocycles. The second-order valence-corrected chi connectivity index (χ2v) is 4.39. The van der Waals surface area contributed by atoms with Crippen LogP contribution in [0.1, 0.15) is 24.8 Å². The fourth-order valence-corrected chi connectivity index (χ4v) is 2.18. The van der Waals surface area contributed by atoms with Gasteiger partial charge in [0, 0.05) is 4.47 Å². The van der Waals surface area contributed by atoms with E-state index in [9.17, 15) is 5.11 Å². The molecule has 0 amide bonds. The van der Waals surface area contributed by atoms with Crippen molar-refractivity contribution in [2.24, 2.45) is 5.73 Å². The minimum absolute atomic E-state index is 0.227. The molecule has 3 N–H and O–H groups in total. The molecule has 0 aliphatic heterocycles. The Morgan fingerprint density at radius 1 is 1.43 bits per heavy atom. The average molecular weight is 258 g/mol. The number of hydrogen-bond acceptors (Lipinski definition) is 2. The van der Waals surface area contributed by atoms with Gasteiger partial charge >= 0.3 is 0 Å². The quantitative estimate of drug-likeness (QED) is 0.870. The Morgan fingerprint density at radius 2 is 2.07 bits per heavy atom. The first kappa shape index (κ1) is 11.7. The van der Waals surface area contributed by atoms with Gasteiger partial charge < -0.3 is 10.8 Å². The van der Waals surface area contributed by atoms with E-state index in [0.717, 1.165) is 4.47 Å². The zero-order valence-corrected chi connectivity index (χ0v) is 9.87. The highest BCUT2D eigenvalue weighted by molar-refractivity contribution is 9.10. The lowest BCUT2D eigenvalue weighted by Crippen LogP contribution is -2.17. The summed E-state index contributed by atoms with van der Waals surface area (Å²) in [5.74, 6) is 0.227. The van der Waals surface area contributed by atoms with Gasteiger partial charge in [0.1, 0.15) is 0 Å². The largest absolute Gasteiger partial charge is 0.393 e. The third-order valence-corrected chi connectivity index (χ3v) is 2.98. The van der Waals surface area contributed by atoms with Crippen molar-refractivity contribution in [3.63, 3.8) is 0 Å². The second-order valence-electron chi connectivity index (χ2n) is 3.54. The summed E-state index contributed by atoms with van der Waals surface area (Å²) in [5.41, 5.74) is 6.87. The van der Waals surface area contributed by atoms with Crippen molar-refractivity contribution in [3.8, 4) is 0 Å². The van der Waals surface area contributed by atoms with Gasteiger partial charge in [0.15, 0.2) is 0 Å². The Labute approximate surface area is 93.3 Å². The summed E-state index contributed by atoms with van der Waals surface area (Å²) >= 11 is 3.49. The maximum Gasteiger partial charge on any atom is 0.0518 e. The number of halogens is 1. The smallest absolute Gasteiger partial charge is 0.0518 e. The highest BCUT2D eigenvalue weighted by Gasteiger charge is 2.14. The van der Waals surface area contributed by atoms with Gasteiger partial charge in [0.05, 0.1) is 6.10 Å². The first-order chi connectivity index (χ1) is 6.65. The third-order valence-electron chi connectivity index (χ3n) is 2.26. The normalized spacial score (nSPS) is 15.1. The molecule has 0 aliphatic rings. The van der Waals surface area contributed by atoms with Crippen molar-refractivity contribution in [1.82, 2.24) is 0 Å². The van der Waals surface area contributed by atoms with E-state index in [2.05, 4.69) is 15.9 Å². The van der Waals surface area contributed by atoms with Crippen molar-refractivity contribution in [2.45, 2.75) is 25.4 Å². The minimum Gasteiger partial charge on any atom is -0.393 e. The van der Waals surface area contributed by atoms with Crippen molar-refractivity contribution in [2.75, 3.05) is 6.54 Å². The van der Waals surface area contributed by atoms with Crippen molar-refractivity contribution < 1.29 is 5.11 Å². The van der Waals surface area contributed by atoms with E-state index in [1.165, 1.54) is 5.56 Å². The summed E-state index contributed by atoms with van der Waals surface area (Å²) in [6.45, 7) is 2.35. The molecule has 0 spiro atoms. The number of benzene rings is 1. The monoisotopic (exact) mass is 257 g/mol. The fourth-order valence-electron chi connectivity index (χ4n) is 1.57. The summed E-state index contributed by atoms with van der Waals surface area (Å²) < 4.78 is 1.07. The molecular formula is C11H16BrNO. The Kier molecular flexibility index (Phi) is 4.58. The molecular weight excluding hydrogens is 242 g/mol. The van der Waals surface area contributed by atoms with E-state index in [1.807, 2.05) is 24.3 Å². The lowest BCUT2D eigenvalue weighted by atomic mass is 9.94. The molecule has 0 saturated heterocycles. The van der Waals surface area contributed by atoms with Gasteiger partial charge in [0.25, 0.3) is 0 Å². The molecule has 14 heavy (non-hydrogen) atoms. The molecule has 3 heteroatoms. The molecule has 2 atom stereocenters. The van der Waals surface area contributed by atoms with E-state index in [4.69, 9.17) is 5.73 Å². The van der Waals surface area contributed by atoms with E-state index in [1.54, 1.807) is 6.92 Å². The van der Waals surface area contributed by atoms with Crippen molar-refractivity contribution in [3.05, 3.63) is 34.3 Å². The summed E-state index contributed by atoms with van der Waals surface area (Å²) in [6, 6.07) is 8.01. The van der Waals surface area contributed by atoms with Crippen LogP contribution < -0.4 is 5.73 Å². The lowest BCUT2D eigenvalue weighted by Gasteiger charge is -2.18. The second kappa shape index (κ2) is 5.49. The maximum atomic E-state index is 9.34. The Hall–Kier alpha value is -0.380. The lowest BCUT2D eigenvalue weighted by molar-refractivity contribution is 0.175. The van der Waals surface area contributed by atoms with E-state index in [-0.39, 0.29) is 12.0 Å². The van der Waals surface area contributed by atoms with E-state index in [0.29, 0.717) is 13.0 Å². The highest BCUT2D eigenvalue weighted by atomic mass is 79.9. The highest BCUT2D eigenvalue weighted by Crippen LogP contribution is 2.27. The van der Waals surface area contributed by atoms with Crippen LogP contribution >= 0.6 is 15.9 Å². The standard InChI is InChI=1S/C11H16BrNO/c1-8(14)6-9(7-13)10-4-2-3-5-11(10)12/h2-5,8-9,14H,6-7,13H2,1H3. The van der Waals surface area contributed by atoms with Crippen LogP contribution in [0.15, 0.2) is 28.7 Å². The first-order valence-electron chi connectivity index (χ1n) is 4.77. The Morgan fingerprint density at radius 3 is 2.57 bits per heavy atom. The third kappa shape index (κ3) is 3.08. The van der Waals surface area contributed by atoms with Crippen LogP contribution in [0.5, 0.6) is 0 Å². The number of aliphatic hydroxyl groups is 1. The van der Waals surface area contributed by atoms with Gasteiger partial charge in [-0.3, -0.25) is 0 Å². The molecule has 0 saturated carbocycles. The minimum atomic E-state index is -0.310. The Balaban J connectivity index is 2.83. The predicted octanol–water partition coefficient (Wildman–Crippen LogP) is 2.26. The summed E-state index contributed by atoms with van der Waals surface area (Å²) in [7, 11) is 0. The average Bonchev–Trinajstić information content (AvgIpc) is 2.15. The van der Waals surface area contributed by atoms with Gasteiger partial charge in [0.2, 0.25) is 0 Å². The number of rotatable bonds is 4. The molecule has 2 unspecified atom stereocenters. The van der Waals surface area contributed by atoms with E-state index < -0.39 is 0 Å².